The van der Waals surface area contributed by atoms with Crippen LogP contribution in [0, 0.1) is 0 Å². The minimum absolute atomic E-state index is 0.695. The molecule has 0 amide bonds. The number of anilines is 1. The molecule has 3 nitrogen and oxygen atoms in total. The van der Waals surface area contributed by atoms with Crippen LogP contribution in [0.4, 0.5) is 5.13 Å². The van der Waals surface area contributed by atoms with Gasteiger partial charge in [0.05, 0.1) is 16.8 Å². The number of hydrogen-bond acceptors (Lipinski definition) is 4. The number of aromatic nitrogens is 1. The Labute approximate surface area is 113 Å². The van der Waals surface area contributed by atoms with E-state index in [4.69, 9.17) is 4.74 Å². The molecule has 2 rings (SSSR count). The quantitative estimate of drug-likeness (QED) is 0.855. The predicted octanol–water partition coefficient (Wildman–Crippen LogP) is 3.68. The van der Waals surface area contributed by atoms with Crippen LogP contribution < -0.4 is 5.32 Å². The summed E-state index contributed by atoms with van der Waals surface area (Å²) in [6.45, 7) is 3.64. The third-order valence-corrected chi connectivity index (χ3v) is 3.92. The SMILES string of the molecule is CCc1cc(Br)cc2sc(NCCOC)nc12. The smallest absolute Gasteiger partial charge is 0.183 e. The molecule has 0 radical (unpaired) electrons. The van der Waals surface area contributed by atoms with Crippen molar-refractivity contribution in [2.75, 3.05) is 25.6 Å². The Hall–Kier alpha value is -0.650. The van der Waals surface area contributed by atoms with Crippen LogP contribution in [0.25, 0.3) is 10.2 Å². The summed E-state index contributed by atoms with van der Waals surface area (Å²) in [4.78, 5) is 4.63. The van der Waals surface area contributed by atoms with Crippen molar-refractivity contribution in [1.82, 2.24) is 4.98 Å². The van der Waals surface area contributed by atoms with Gasteiger partial charge in [-0.3, -0.25) is 0 Å². The van der Waals surface area contributed by atoms with Crippen LogP contribution in [0.5, 0.6) is 0 Å². The molecule has 2 aromatic rings. The zero-order valence-electron chi connectivity index (χ0n) is 9.92. The van der Waals surface area contributed by atoms with Gasteiger partial charge in [-0.15, -0.1) is 0 Å². The molecule has 0 spiro atoms. The van der Waals surface area contributed by atoms with Crippen molar-refractivity contribution in [1.29, 1.82) is 0 Å². The number of benzene rings is 1. The summed E-state index contributed by atoms with van der Waals surface area (Å²) in [5.74, 6) is 0. The first-order valence-electron chi connectivity index (χ1n) is 5.56. The van der Waals surface area contributed by atoms with E-state index in [9.17, 15) is 0 Å². The predicted molar refractivity (Wildman–Crippen MR) is 77.1 cm³/mol. The zero-order chi connectivity index (χ0) is 12.3. The second kappa shape index (κ2) is 5.80. The summed E-state index contributed by atoms with van der Waals surface area (Å²) in [6.07, 6.45) is 0.997. The van der Waals surface area contributed by atoms with Crippen LogP contribution in [0.3, 0.4) is 0 Å². The molecule has 0 bridgehead atoms. The van der Waals surface area contributed by atoms with Gasteiger partial charge >= 0.3 is 0 Å². The van der Waals surface area contributed by atoms with Crippen molar-refractivity contribution in [3.8, 4) is 0 Å². The Balaban J connectivity index is 2.29. The first-order chi connectivity index (χ1) is 8.24. The van der Waals surface area contributed by atoms with Crippen LogP contribution in [0.1, 0.15) is 12.5 Å². The van der Waals surface area contributed by atoms with Gasteiger partial charge in [-0.1, -0.05) is 34.2 Å². The van der Waals surface area contributed by atoms with Gasteiger partial charge in [0.25, 0.3) is 0 Å². The van der Waals surface area contributed by atoms with E-state index >= 15 is 0 Å². The molecule has 1 aromatic carbocycles. The number of methoxy groups -OCH3 is 1. The third kappa shape index (κ3) is 2.97. The number of nitrogens with one attached hydrogen (secondary N) is 1. The van der Waals surface area contributed by atoms with Crippen LogP contribution in [-0.4, -0.2) is 25.2 Å². The molecule has 0 aliphatic heterocycles. The molecule has 0 saturated heterocycles. The molecule has 0 unspecified atom stereocenters. The molecule has 1 heterocycles. The molecular weight excluding hydrogens is 300 g/mol. The van der Waals surface area contributed by atoms with Gasteiger partial charge < -0.3 is 10.1 Å². The van der Waals surface area contributed by atoms with Gasteiger partial charge in [0, 0.05) is 18.1 Å². The molecule has 1 aromatic heterocycles. The summed E-state index contributed by atoms with van der Waals surface area (Å²) in [5, 5.41) is 4.24. The Kier molecular flexibility index (Phi) is 4.36. The highest BCUT2D eigenvalue weighted by molar-refractivity contribution is 9.10. The van der Waals surface area contributed by atoms with Gasteiger partial charge in [-0.2, -0.15) is 0 Å². The summed E-state index contributed by atoms with van der Waals surface area (Å²) in [6, 6.07) is 4.26. The van der Waals surface area contributed by atoms with Crippen molar-refractivity contribution in [2.24, 2.45) is 0 Å². The van der Waals surface area contributed by atoms with E-state index < -0.39 is 0 Å². The number of fused-ring (bicyclic) bond motifs is 1. The summed E-state index contributed by atoms with van der Waals surface area (Å²) < 4.78 is 7.35. The van der Waals surface area contributed by atoms with Crippen LogP contribution in [0.2, 0.25) is 0 Å². The molecular formula is C12H15BrN2OS. The Morgan fingerprint density at radius 3 is 3.00 bits per heavy atom. The third-order valence-electron chi connectivity index (χ3n) is 2.50. The van der Waals surface area contributed by atoms with Crippen molar-refractivity contribution < 1.29 is 4.74 Å². The highest BCUT2D eigenvalue weighted by Gasteiger charge is 2.08. The number of aryl methyl sites for hydroxylation is 1. The largest absolute Gasteiger partial charge is 0.383 e. The number of halogens is 1. The molecule has 0 atom stereocenters. The summed E-state index contributed by atoms with van der Waals surface area (Å²) in [5.41, 5.74) is 2.39. The lowest BCUT2D eigenvalue weighted by Gasteiger charge is -1.99. The number of rotatable bonds is 5. The highest BCUT2D eigenvalue weighted by Crippen LogP contribution is 2.31. The van der Waals surface area contributed by atoms with Crippen molar-refractivity contribution in [2.45, 2.75) is 13.3 Å². The van der Waals surface area contributed by atoms with E-state index in [1.165, 1.54) is 10.3 Å². The normalized spacial score (nSPS) is 11.0. The first kappa shape index (κ1) is 12.8. The van der Waals surface area contributed by atoms with Crippen molar-refractivity contribution in [3.05, 3.63) is 22.2 Å². The molecule has 17 heavy (non-hydrogen) atoms. The van der Waals surface area contributed by atoms with Gasteiger partial charge in [-0.05, 0) is 24.1 Å². The maximum Gasteiger partial charge on any atom is 0.183 e. The lowest BCUT2D eigenvalue weighted by molar-refractivity contribution is 0.211. The van der Waals surface area contributed by atoms with Crippen molar-refractivity contribution in [3.63, 3.8) is 0 Å². The van der Waals surface area contributed by atoms with Crippen LogP contribution in [0.15, 0.2) is 16.6 Å². The molecule has 0 saturated carbocycles. The fourth-order valence-electron chi connectivity index (χ4n) is 1.67. The van der Waals surface area contributed by atoms with Gasteiger partial charge in [0.15, 0.2) is 5.13 Å². The topological polar surface area (TPSA) is 34.1 Å². The molecule has 0 aliphatic carbocycles. The summed E-state index contributed by atoms with van der Waals surface area (Å²) in [7, 11) is 1.70. The number of ether oxygens (including phenoxy) is 1. The van der Waals surface area contributed by atoms with E-state index in [1.54, 1.807) is 18.4 Å². The maximum absolute atomic E-state index is 5.01. The summed E-state index contributed by atoms with van der Waals surface area (Å²) >= 11 is 5.22. The second-order valence-electron chi connectivity index (χ2n) is 3.70. The molecule has 92 valence electrons. The van der Waals surface area contributed by atoms with Gasteiger partial charge in [0.1, 0.15) is 0 Å². The Morgan fingerprint density at radius 2 is 2.29 bits per heavy atom. The number of nitrogens with zero attached hydrogens (tertiary/aromatic N) is 1. The average Bonchev–Trinajstić information content (AvgIpc) is 2.71. The molecule has 1 N–H and O–H groups in total. The second-order valence-corrected chi connectivity index (χ2v) is 5.65. The van der Waals surface area contributed by atoms with E-state index in [1.807, 2.05) is 0 Å². The lowest BCUT2D eigenvalue weighted by atomic mass is 10.1. The van der Waals surface area contributed by atoms with Crippen molar-refractivity contribution >= 4 is 42.6 Å². The average molecular weight is 315 g/mol. The fourth-order valence-corrected chi connectivity index (χ4v) is 3.30. The van der Waals surface area contributed by atoms with E-state index in [0.29, 0.717) is 6.61 Å². The maximum atomic E-state index is 5.01. The lowest BCUT2D eigenvalue weighted by Crippen LogP contribution is -2.06. The van der Waals surface area contributed by atoms with E-state index in [0.717, 1.165) is 28.1 Å². The highest BCUT2D eigenvalue weighted by atomic mass is 79.9. The number of thiazole rings is 1. The molecule has 0 fully saturated rings. The monoisotopic (exact) mass is 314 g/mol. The minimum atomic E-state index is 0.695. The molecule has 0 aliphatic rings. The van der Waals surface area contributed by atoms with Crippen LogP contribution >= 0.6 is 27.3 Å². The molecule has 5 heteroatoms. The first-order valence-corrected chi connectivity index (χ1v) is 7.17. The minimum Gasteiger partial charge on any atom is -0.383 e. The Morgan fingerprint density at radius 1 is 1.47 bits per heavy atom. The fraction of sp³-hybridized carbons (Fsp3) is 0.417. The zero-order valence-corrected chi connectivity index (χ0v) is 12.3. The van der Waals surface area contributed by atoms with Gasteiger partial charge in [0.2, 0.25) is 0 Å². The van der Waals surface area contributed by atoms with Gasteiger partial charge in [-0.25, -0.2) is 4.98 Å². The standard InChI is InChI=1S/C12H15BrN2OS/c1-3-8-6-9(13)7-10-11(8)15-12(17-10)14-4-5-16-2/h6-7H,3-5H2,1-2H3,(H,14,15). The van der Waals surface area contributed by atoms with E-state index in [2.05, 4.69) is 45.3 Å². The Bertz CT molecular complexity index is 512. The van der Waals surface area contributed by atoms with E-state index in [-0.39, 0.29) is 0 Å². The number of hydrogen-bond donors (Lipinski definition) is 1. The van der Waals surface area contributed by atoms with Crippen LogP contribution in [-0.2, 0) is 11.2 Å².